The van der Waals surface area contributed by atoms with Crippen molar-refractivity contribution in [1.29, 1.82) is 0 Å². The monoisotopic (exact) mass is 416 g/mol. The summed E-state index contributed by atoms with van der Waals surface area (Å²) in [4.78, 5) is 0. The van der Waals surface area contributed by atoms with Crippen molar-refractivity contribution in [2.24, 2.45) is 0 Å². The molecule has 22 heavy (non-hydrogen) atoms. The average Bonchev–Trinajstić information content (AvgIpc) is 2.52. The summed E-state index contributed by atoms with van der Waals surface area (Å²) in [5, 5.41) is 9.01. The number of unbranched alkanes of at least 4 members (excludes halogenated alkanes) is 3. The van der Waals surface area contributed by atoms with Gasteiger partial charge in [-0.3, -0.25) is 0 Å². The summed E-state index contributed by atoms with van der Waals surface area (Å²) in [6.45, 7) is 11.9. The first-order chi connectivity index (χ1) is 10.6. The number of allylic oxidation sites excluding steroid dienone is 3. The first-order valence-corrected chi connectivity index (χ1v) is 17.0. The number of hydrogen-bond donors (Lipinski definition) is 1. The number of aliphatic hydroxyl groups is 1. The van der Waals surface area contributed by atoms with E-state index in [2.05, 4.69) is 46.8 Å². The van der Waals surface area contributed by atoms with Crippen molar-refractivity contribution in [3.8, 4) is 0 Å². The van der Waals surface area contributed by atoms with Crippen molar-refractivity contribution in [1.82, 2.24) is 0 Å². The average molecular weight is 415 g/mol. The summed E-state index contributed by atoms with van der Waals surface area (Å²) in [6.07, 6.45) is 13.7. The second kappa shape index (κ2) is 13.7. The van der Waals surface area contributed by atoms with Crippen LogP contribution in [0.5, 0.6) is 0 Å². The fourth-order valence-corrected chi connectivity index (χ4v) is 19.2. The van der Waals surface area contributed by atoms with Gasteiger partial charge in [-0.15, -0.1) is 0 Å². The van der Waals surface area contributed by atoms with Gasteiger partial charge >= 0.3 is 144 Å². The molecule has 0 radical (unpaired) electrons. The standard InChI is InChI=1S/C8H13O.3C4H9.Sn/c1-3-5-8(2)6-4-7-9;3*1-3-4-2;/h5-6,9H,4,7H2,1-2H3;3*1,3-4H2,2H3;/b5-3?,8-6+;;;;. The third-order valence-corrected chi connectivity index (χ3v) is 21.3. The summed E-state index contributed by atoms with van der Waals surface area (Å²) < 4.78 is 6.40. The Bertz CT molecular complexity index is 309. The maximum absolute atomic E-state index is 9.01. The predicted molar refractivity (Wildman–Crippen MR) is 104 cm³/mol. The Morgan fingerprint density at radius 2 is 1.32 bits per heavy atom. The summed E-state index contributed by atoms with van der Waals surface area (Å²) in [7, 11) is 0. The first-order valence-electron chi connectivity index (χ1n) is 9.52. The molecule has 1 nitrogen and oxygen atoms in total. The molecule has 0 aromatic carbocycles. The van der Waals surface area contributed by atoms with E-state index in [9.17, 15) is 0 Å². The minimum atomic E-state index is -2.18. The quantitative estimate of drug-likeness (QED) is 0.264. The molecule has 130 valence electrons. The molecule has 0 aromatic heterocycles. The third-order valence-electron chi connectivity index (χ3n) is 4.90. The summed E-state index contributed by atoms with van der Waals surface area (Å²) in [6, 6.07) is 0. The molecule has 0 fully saturated rings. The summed E-state index contributed by atoms with van der Waals surface area (Å²) >= 11 is -2.18. The van der Waals surface area contributed by atoms with Crippen LogP contribution in [0.2, 0.25) is 13.3 Å². The molecular formula is C20H40OSn. The molecule has 0 aromatic rings. The van der Waals surface area contributed by atoms with Crippen LogP contribution >= 0.6 is 0 Å². The van der Waals surface area contributed by atoms with Crippen LogP contribution in [0, 0.1) is 0 Å². The van der Waals surface area contributed by atoms with E-state index in [4.69, 9.17) is 5.11 Å². The Hall–Kier alpha value is 0.239. The van der Waals surface area contributed by atoms with Gasteiger partial charge in [0.25, 0.3) is 0 Å². The normalized spacial score (nSPS) is 13.7. The summed E-state index contributed by atoms with van der Waals surface area (Å²) in [5.74, 6) is 0. The minimum absolute atomic E-state index is 0.264. The second-order valence-electron chi connectivity index (χ2n) is 6.88. The summed E-state index contributed by atoms with van der Waals surface area (Å²) in [5.41, 5.74) is 1.36. The van der Waals surface area contributed by atoms with Crippen molar-refractivity contribution in [2.45, 2.75) is 92.9 Å². The van der Waals surface area contributed by atoms with E-state index in [1.807, 2.05) is 0 Å². The van der Waals surface area contributed by atoms with Crippen molar-refractivity contribution >= 4 is 18.4 Å². The van der Waals surface area contributed by atoms with Gasteiger partial charge < -0.3 is 0 Å². The zero-order valence-electron chi connectivity index (χ0n) is 15.9. The van der Waals surface area contributed by atoms with Gasteiger partial charge in [0.2, 0.25) is 0 Å². The van der Waals surface area contributed by atoms with Gasteiger partial charge in [0.1, 0.15) is 0 Å². The molecule has 0 aliphatic rings. The molecule has 0 atom stereocenters. The van der Waals surface area contributed by atoms with Crippen molar-refractivity contribution in [3.05, 3.63) is 21.3 Å². The molecule has 1 N–H and O–H groups in total. The van der Waals surface area contributed by atoms with E-state index in [0.29, 0.717) is 0 Å². The molecule has 0 amide bonds. The number of rotatable bonds is 13. The first kappa shape index (κ1) is 22.2. The SMILES string of the molecule is CCC[CH2][Sn]([CH2]CCC)([CH2]CCC)/[C](C)=C/C(C)=C/CCO. The van der Waals surface area contributed by atoms with Crippen LogP contribution in [-0.4, -0.2) is 30.1 Å². The van der Waals surface area contributed by atoms with E-state index in [0.717, 1.165) is 6.42 Å². The van der Waals surface area contributed by atoms with Crippen LogP contribution in [0.25, 0.3) is 0 Å². The Morgan fingerprint density at radius 3 is 1.68 bits per heavy atom. The van der Waals surface area contributed by atoms with Gasteiger partial charge in [-0.1, -0.05) is 0 Å². The molecule has 0 saturated carbocycles. The Labute approximate surface area is 144 Å². The molecule has 0 rings (SSSR count). The fraction of sp³-hybridized carbons (Fsp3) is 0.800. The second-order valence-corrected chi connectivity index (χ2v) is 20.7. The molecule has 0 saturated heterocycles. The molecule has 0 spiro atoms. The fourth-order valence-electron chi connectivity index (χ4n) is 3.36. The molecule has 0 aliphatic heterocycles. The van der Waals surface area contributed by atoms with Gasteiger partial charge in [0.15, 0.2) is 0 Å². The zero-order valence-corrected chi connectivity index (χ0v) is 18.7. The molecular weight excluding hydrogens is 375 g/mol. The van der Waals surface area contributed by atoms with Crippen LogP contribution in [0.15, 0.2) is 21.3 Å². The number of hydrogen-bond acceptors (Lipinski definition) is 1. The molecule has 0 unspecified atom stereocenters. The van der Waals surface area contributed by atoms with E-state index in [-0.39, 0.29) is 6.61 Å². The molecule has 0 aliphatic carbocycles. The van der Waals surface area contributed by atoms with Gasteiger partial charge in [-0.05, 0) is 0 Å². The van der Waals surface area contributed by atoms with Crippen LogP contribution in [-0.2, 0) is 0 Å². The topological polar surface area (TPSA) is 20.2 Å². The van der Waals surface area contributed by atoms with Gasteiger partial charge in [0, 0.05) is 0 Å². The van der Waals surface area contributed by atoms with Crippen LogP contribution < -0.4 is 0 Å². The maximum atomic E-state index is 9.01. The van der Waals surface area contributed by atoms with Crippen LogP contribution in [0.4, 0.5) is 0 Å². The van der Waals surface area contributed by atoms with Gasteiger partial charge in [-0.25, -0.2) is 0 Å². The van der Waals surface area contributed by atoms with Crippen LogP contribution in [0.1, 0.15) is 79.6 Å². The van der Waals surface area contributed by atoms with E-state index >= 15 is 0 Å². The zero-order chi connectivity index (χ0) is 16.8. The van der Waals surface area contributed by atoms with Gasteiger partial charge in [0.05, 0.1) is 0 Å². The molecule has 0 bridgehead atoms. The number of aliphatic hydroxyl groups excluding tert-OH is 1. The Morgan fingerprint density at radius 1 is 0.864 bits per heavy atom. The van der Waals surface area contributed by atoms with E-state index in [1.165, 1.54) is 44.1 Å². The molecule has 0 heterocycles. The van der Waals surface area contributed by atoms with Crippen molar-refractivity contribution in [2.75, 3.05) is 6.61 Å². The van der Waals surface area contributed by atoms with Crippen molar-refractivity contribution < 1.29 is 5.11 Å². The van der Waals surface area contributed by atoms with Gasteiger partial charge in [-0.2, -0.15) is 0 Å². The van der Waals surface area contributed by atoms with E-state index in [1.54, 1.807) is 16.9 Å². The van der Waals surface area contributed by atoms with E-state index < -0.39 is 18.4 Å². The third kappa shape index (κ3) is 8.76. The Kier molecular flexibility index (Phi) is 13.8. The predicted octanol–water partition coefficient (Wildman–Crippen LogP) is 6.65. The van der Waals surface area contributed by atoms with Crippen molar-refractivity contribution in [3.63, 3.8) is 0 Å². The molecule has 2 heteroatoms. The Balaban J connectivity index is 5.30. The van der Waals surface area contributed by atoms with Crippen LogP contribution in [0.3, 0.4) is 0 Å².